The molecule has 1 atom stereocenters. The monoisotopic (exact) mass is 600 g/mol. The minimum absolute atomic E-state index is 0.239. The van der Waals surface area contributed by atoms with Gasteiger partial charge in [-0.15, -0.1) is 0 Å². The first kappa shape index (κ1) is 35.7. The molecule has 0 aliphatic heterocycles. The third-order valence-corrected chi connectivity index (χ3v) is 8.83. The second kappa shape index (κ2) is 21.8. The van der Waals surface area contributed by atoms with Crippen LogP contribution in [0.5, 0.6) is 11.5 Å². The van der Waals surface area contributed by atoms with Crippen molar-refractivity contribution in [1.29, 1.82) is 0 Å². The van der Waals surface area contributed by atoms with E-state index in [2.05, 4.69) is 45.0 Å². The Morgan fingerprint density at radius 1 is 0.659 bits per heavy atom. The Balaban J connectivity index is 1.33. The molecule has 242 valence electrons. The number of ketones is 1. The summed E-state index contributed by atoms with van der Waals surface area (Å²) in [6, 6.07) is 20.4. The maximum Gasteiger partial charge on any atom is 0.163 e. The smallest absolute Gasteiger partial charge is 0.163 e. The summed E-state index contributed by atoms with van der Waals surface area (Å²) < 4.78 is 12.3. The summed E-state index contributed by atoms with van der Waals surface area (Å²) in [5, 5.41) is 2.21. The molecule has 3 aromatic rings. The lowest BCUT2D eigenvalue weighted by atomic mass is 9.94. The van der Waals surface area contributed by atoms with Gasteiger partial charge >= 0.3 is 0 Å². The van der Waals surface area contributed by atoms with Crippen molar-refractivity contribution in [2.75, 3.05) is 6.61 Å². The van der Waals surface area contributed by atoms with E-state index in [1.54, 1.807) is 0 Å². The van der Waals surface area contributed by atoms with E-state index in [0.717, 1.165) is 52.8 Å². The highest BCUT2D eigenvalue weighted by Gasteiger charge is 2.12. The van der Waals surface area contributed by atoms with Gasteiger partial charge < -0.3 is 9.47 Å². The molecule has 0 saturated heterocycles. The maximum atomic E-state index is 12.7. The van der Waals surface area contributed by atoms with Crippen LogP contribution < -0.4 is 9.47 Å². The molecule has 0 saturated carbocycles. The molecule has 0 radical (unpaired) electrons. The van der Waals surface area contributed by atoms with Crippen LogP contribution in [0.1, 0.15) is 152 Å². The second-order valence-electron chi connectivity index (χ2n) is 12.9. The van der Waals surface area contributed by atoms with Gasteiger partial charge in [-0.05, 0) is 47.6 Å². The second-order valence-corrected chi connectivity index (χ2v) is 12.9. The fourth-order valence-electron chi connectivity index (χ4n) is 5.98. The van der Waals surface area contributed by atoms with Crippen molar-refractivity contribution in [3.63, 3.8) is 0 Å². The van der Waals surface area contributed by atoms with Gasteiger partial charge in [0, 0.05) is 17.4 Å². The molecule has 0 heterocycles. The Kier molecular flexibility index (Phi) is 17.7. The number of hydrogen-bond donors (Lipinski definition) is 0. The molecule has 0 amide bonds. The van der Waals surface area contributed by atoms with Gasteiger partial charge in [0.25, 0.3) is 0 Å². The van der Waals surface area contributed by atoms with Gasteiger partial charge in [-0.1, -0.05) is 160 Å². The Hall–Kier alpha value is -2.81. The van der Waals surface area contributed by atoms with Crippen LogP contribution in [0, 0.1) is 5.92 Å². The molecule has 0 aliphatic carbocycles. The molecule has 0 aliphatic rings. The van der Waals surface area contributed by atoms with E-state index in [-0.39, 0.29) is 5.78 Å². The zero-order valence-corrected chi connectivity index (χ0v) is 28.2. The minimum atomic E-state index is 0.239. The molecule has 0 bridgehead atoms. The van der Waals surface area contributed by atoms with Crippen molar-refractivity contribution in [1.82, 2.24) is 0 Å². The first-order valence-corrected chi connectivity index (χ1v) is 18.0. The van der Waals surface area contributed by atoms with E-state index in [1.807, 2.05) is 36.4 Å². The third-order valence-electron chi connectivity index (χ3n) is 8.83. The van der Waals surface area contributed by atoms with Gasteiger partial charge in [0.05, 0.1) is 6.61 Å². The highest BCUT2D eigenvalue weighted by atomic mass is 16.5. The molecule has 0 aromatic heterocycles. The van der Waals surface area contributed by atoms with Crippen molar-refractivity contribution >= 4 is 16.6 Å². The summed E-state index contributed by atoms with van der Waals surface area (Å²) >= 11 is 0. The van der Waals surface area contributed by atoms with Crippen LogP contribution in [-0.2, 0) is 6.61 Å². The van der Waals surface area contributed by atoms with Crippen LogP contribution in [0.25, 0.3) is 10.8 Å². The summed E-state index contributed by atoms with van der Waals surface area (Å²) in [4.78, 5) is 12.7. The van der Waals surface area contributed by atoms with Crippen LogP contribution in [-0.4, -0.2) is 12.4 Å². The third kappa shape index (κ3) is 13.9. The number of Topliss-reactive ketones (excluding diaryl/α,β-unsaturated/α-hetero) is 1. The lowest BCUT2D eigenvalue weighted by molar-refractivity contribution is 0.0962. The summed E-state index contributed by atoms with van der Waals surface area (Å²) in [6.07, 6.45) is 23.1. The van der Waals surface area contributed by atoms with Gasteiger partial charge in [0.2, 0.25) is 0 Å². The molecule has 3 heteroatoms. The van der Waals surface area contributed by atoms with Crippen LogP contribution in [0.4, 0.5) is 0 Å². The lowest BCUT2D eigenvalue weighted by Gasteiger charge is -2.12. The Bertz CT molecular complexity index is 1180. The molecule has 0 N–H and O–H groups in total. The van der Waals surface area contributed by atoms with E-state index in [9.17, 15) is 4.79 Å². The van der Waals surface area contributed by atoms with E-state index in [0.29, 0.717) is 18.9 Å². The van der Waals surface area contributed by atoms with Gasteiger partial charge in [-0.25, -0.2) is 0 Å². The topological polar surface area (TPSA) is 35.5 Å². The number of carbonyl (C=O) groups is 1. The predicted octanol–water partition coefficient (Wildman–Crippen LogP) is 12.7. The highest BCUT2D eigenvalue weighted by molar-refractivity contribution is 5.96. The number of fused-ring (bicyclic) bond motifs is 1. The Labute approximate surface area is 269 Å². The fourth-order valence-corrected chi connectivity index (χ4v) is 5.98. The number of unbranched alkanes of at least 4 members (excludes halogenated alkanes) is 14. The largest absolute Gasteiger partial charge is 0.494 e. The summed E-state index contributed by atoms with van der Waals surface area (Å²) in [5.74, 6) is 2.47. The number of rotatable bonds is 25. The zero-order chi connectivity index (χ0) is 31.2. The minimum Gasteiger partial charge on any atom is -0.494 e. The van der Waals surface area contributed by atoms with Gasteiger partial charge in [-0.2, -0.15) is 0 Å². The molecule has 3 aromatic carbocycles. The maximum absolute atomic E-state index is 12.7. The molecular formula is C41H60O3. The van der Waals surface area contributed by atoms with Crippen molar-refractivity contribution in [3.05, 3.63) is 71.8 Å². The van der Waals surface area contributed by atoms with Gasteiger partial charge in [0.15, 0.2) is 5.78 Å². The summed E-state index contributed by atoms with van der Waals surface area (Å²) in [6.45, 7) is 7.94. The summed E-state index contributed by atoms with van der Waals surface area (Å²) in [7, 11) is 0. The first-order chi connectivity index (χ1) is 21.6. The molecule has 3 nitrogen and oxygen atoms in total. The van der Waals surface area contributed by atoms with Crippen LogP contribution >= 0.6 is 0 Å². The average Bonchev–Trinajstić information content (AvgIpc) is 3.04. The van der Waals surface area contributed by atoms with E-state index < -0.39 is 0 Å². The standard InChI is InChI=1S/C41H60O3/c1-4-6-8-9-10-11-12-13-14-15-16-17-19-30-43-38-28-29-39-37(32-38)22-20-23-41(39)44-33-35-24-26-36(27-25-35)40(42)31-34(3)21-18-7-5-2/h20,22-29,32,34H,4-19,21,30-31,33H2,1-3H3/t34-/m1/s1. The molecular weight excluding hydrogens is 540 g/mol. The SMILES string of the molecule is CCCCCCCCCCCCCCCOc1ccc2c(OCc3ccc(C(=O)C[C@H](C)CCCCC)cc3)cccc2c1. The molecule has 0 spiro atoms. The lowest BCUT2D eigenvalue weighted by Crippen LogP contribution is -2.06. The molecule has 3 rings (SSSR count). The molecule has 44 heavy (non-hydrogen) atoms. The average molecular weight is 601 g/mol. The van der Waals surface area contributed by atoms with Crippen LogP contribution in [0.3, 0.4) is 0 Å². The number of hydrogen-bond acceptors (Lipinski definition) is 3. The quantitative estimate of drug-likeness (QED) is 0.0717. The van der Waals surface area contributed by atoms with E-state index >= 15 is 0 Å². The Morgan fingerprint density at radius 3 is 1.93 bits per heavy atom. The number of carbonyl (C=O) groups excluding carboxylic acids is 1. The van der Waals surface area contributed by atoms with Crippen molar-refractivity contribution in [3.8, 4) is 11.5 Å². The highest BCUT2D eigenvalue weighted by Crippen LogP contribution is 2.30. The van der Waals surface area contributed by atoms with Gasteiger partial charge in [-0.3, -0.25) is 4.79 Å². The fraction of sp³-hybridized carbons (Fsp3) is 0.585. The number of benzene rings is 3. The van der Waals surface area contributed by atoms with Crippen LogP contribution in [0.15, 0.2) is 60.7 Å². The first-order valence-electron chi connectivity index (χ1n) is 18.0. The van der Waals surface area contributed by atoms with Gasteiger partial charge in [0.1, 0.15) is 18.1 Å². The van der Waals surface area contributed by atoms with Crippen molar-refractivity contribution < 1.29 is 14.3 Å². The zero-order valence-electron chi connectivity index (χ0n) is 28.2. The summed E-state index contributed by atoms with van der Waals surface area (Å²) in [5.41, 5.74) is 1.86. The van der Waals surface area contributed by atoms with E-state index in [4.69, 9.17) is 9.47 Å². The van der Waals surface area contributed by atoms with Crippen molar-refractivity contribution in [2.24, 2.45) is 5.92 Å². The Morgan fingerprint density at radius 2 is 1.27 bits per heavy atom. The normalized spacial score (nSPS) is 12.0. The van der Waals surface area contributed by atoms with E-state index in [1.165, 1.54) is 96.3 Å². The predicted molar refractivity (Wildman–Crippen MR) is 188 cm³/mol. The molecule has 0 fully saturated rings. The van der Waals surface area contributed by atoms with Crippen molar-refractivity contribution in [2.45, 2.75) is 143 Å². The van der Waals surface area contributed by atoms with Crippen LogP contribution in [0.2, 0.25) is 0 Å². The molecule has 0 unspecified atom stereocenters. The number of ether oxygens (including phenoxy) is 2.